The number of aryl methyl sites for hydroxylation is 1. The molecule has 2 atom stereocenters. The molecule has 1 saturated carbocycles. The number of amides is 1. The van der Waals surface area contributed by atoms with Gasteiger partial charge in [0.1, 0.15) is 0 Å². The van der Waals surface area contributed by atoms with Crippen LogP contribution in [0.25, 0.3) is 0 Å². The summed E-state index contributed by atoms with van der Waals surface area (Å²) >= 11 is 0. The Bertz CT molecular complexity index is 466. The summed E-state index contributed by atoms with van der Waals surface area (Å²) in [6, 6.07) is 6.79. The zero-order chi connectivity index (χ0) is 12.5. The van der Waals surface area contributed by atoms with Gasteiger partial charge >= 0.3 is 0 Å². The smallest absolute Gasteiger partial charge is 0.219 e. The Morgan fingerprint density at radius 3 is 3.11 bits per heavy atom. The van der Waals surface area contributed by atoms with E-state index in [0.29, 0.717) is 18.3 Å². The van der Waals surface area contributed by atoms with Gasteiger partial charge in [-0.3, -0.25) is 4.79 Å². The molecule has 2 nitrogen and oxygen atoms in total. The van der Waals surface area contributed by atoms with Crippen LogP contribution in [0.5, 0.6) is 0 Å². The van der Waals surface area contributed by atoms with Crippen LogP contribution in [0.15, 0.2) is 18.2 Å². The van der Waals surface area contributed by atoms with E-state index in [0.717, 1.165) is 6.54 Å². The van der Waals surface area contributed by atoms with Gasteiger partial charge in [-0.05, 0) is 54.2 Å². The third-order valence-corrected chi connectivity index (χ3v) is 4.39. The lowest BCUT2D eigenvalue weighted by Crippen LogP contribution is -2.24. The van der Waals surface area contributed by atoms with Gasteiger partial charge in [0.25, 0.3) is 0 Å². The second-order valence-electron chi connectivity index (χ2n) is 5.60. The van der Waals surface area contributed by atoms with Gasteiger partial charge < -0.3 is 5.32 Å². The van der Waals surface area contributed by atoms with Crippen LogP contribution in [0, 0.1) is 5.92 Å². The van der Waals surface area contributed by atoms with E-state index in [-0.39, 0.29) is 5.91 Å². The van der Waals surface area contributed by atoms with Crippen molar-refractivity contribution in [3.8, 4) is 0 Å². The summed E-state index contributed by atoms with van der Waals surface area (Å²) in [6.45, 7) is 2.77. The molecule has 1 fully saturated rings. The zero-order valence-corrected chi connectivity index (χ0v) is 11.0. The maximum absolute atomic E-state index is 11.3. The van der Waals surface area contributed by atoms with Crippen molar-refractivity contribution >= 4 is 5.91 Å². The highest BCUT2D eigenvalue weighted by Gasteiger charge is 2.39. The van der Waals surface area contributed by atoms with Crippen molar-refractivity contribution in [1.29, 1.82) is 0 Å². The molecule has 1 amide bonds. The molecule has 1 aromatic rings. The second-order valence-corrected chi connectivity index (χ2v) is 5.60. The summed E-state index contributed by atoms with van der Waals surface area (Å²) in [7, 11) is 0. The monoisotopic (exact) mass is 243 g/mol. The predicted octanol–water partition coefficient (Wildman–Crippen LogP) is 2.81. The summed E-state index contributed by atoms with van der Waals surface area (Å²) in [5.41, 5.74) is 4.75. The Morgan fingerprint density at radius 2 is 2.28 bits per heavy atom. The van der Waals surface area contributed by atoms with Gasteiger partial charge in [0.15, 0.2) is 0 Å². The highest BCUT2D eigenvalue weighted by Crippen LogP contribution is 2.49. The van der Waals surface area contributed by atoms with E-state index >= 15 is 0 Å². The number of nitrogens with one attached hydrogen (secondary N) is 1. The van der Waals surface area contributed by atoms with Crippen LogP contribution in [0.2, 0.25) is 0 Å². The predicted molar refractivity (Wildman–Crippen MR) is 72.6 cm³/mol. The molecule has 0 unspecified atom stereocenters. The molecule has 0 spiro atoms. The van der Waals surface area contributed by atoms with E-state index in [1.54, 1.807) is 16.7 Å². The SMILES string of the molecule is CCC(=O)NC[C@@H]1C[C@H]1c1cccc2c1CCC2. The van der Waals surface area contributed by atoms with Crippen LogP contribution >= 0.6 is 0 Å². The largest absolute Gasteiger partial charge is 0.356 e. The number of hydrogen-bond acceptors (Lipinski definition) is 1. The van der Waals surface area contributed by atoms with Gasteiger partial charge in [0.05, 0.1) is 0 Å². The van der Waals surface area contributed by atoms with E-state index < -0.39 is 0 Å². The lowest BCUT2D eigenvalue weighted by atomic mass is 9.99. The lowest BCUT2D eigenvalue weighted by molar-refractivity contribution is -0.120. The molecule has 2 heteroatoms. The van der Waals surface area contributed by atoms with Crippen molar-refractivity contribution in [2.45, 2.75) is 44.9 Å². The highest BCUT2D eigenvalue weighted by atomic mass is 16.1. The minimum atomic E-state index is 0.180. The lowest BCUT2D eigenvalue weighted by Gasteiger charge is -2.08. The molecule has 0 aliphatic heterocycles. The van der Waals surface area contributed by atoms with Gasteiger partial charge in [-0.25, -0.2) is 0 Å². The molecule has 2 aliphatic carbocycles. The summed E-state index contributed by atoms with van der Waals surface area (Å²) in [6.07, 6.45) is 5.68. The van der Waals surface area contributed by atoms with Gasteiger partial charge in [-0.15, -0.1) is 0 Å². The molecule has 3 rings (SSSR count). The van der Waals surface area contributed by atoms with Crippen LogP contribution in [0.3, 0.4) is 0 Å². The zero-order valence-electron chi connectivity index (χ0n) is 11.0. The average Bonchev–Trinajstić information content (AvgIpc) is 3.00. The van der Waals surface area contributed by atoms with E-state index in [9.17, 15) is 4.79 Å². The normalized spacial score (nSPS) is 24.7. The summed E-state index contributed by atoms with van der Waals surface area (Å²) < 4.78 is 0. The maximum Gasteiger partial charge on any atom is 0.219 e. The minimum Gasteiger partial charge on any atom is -0.356 e. The van der Waals surface area contributed by atoms with Crippen molar-refractivity contribution in [1.82, 2.24) is 5.32 Å². The van der Waals surface area contributed by atoms with Crippen LogP contribution in [0.4, 0.5) is 0 Å². The molecular weight excluding hydrogens is 222 g/mol. The number of rotatable bonds is 4. The van der Waals surface area contributed by atoms with E-state index in [4.69, 9.17) is 0 Å². The first-order chi connectivity index (χ1) is 8.79. The number of hydrogen-bond donors (Lipinski definition) is 1. The molecule has 0 heterocycles. The fourth-order valence-electron chi connectivity index (χ4n) is 3.22. The first kappa shape index (κ1) is 11.8. The molecule has 1 aromatic carbocycles. The molecule has 0 saturated heterocycles. The number of carbonyl (C=O) groups excluding carboxylic acids is 1. The first-order valence-electron chi connectivity index (χ1n) is 7.17. The standard InChI is InChI=1S/C16H21NO/c1-2-16(18)17-10-12-9-15(12)14-8-4-6-11-5-3-7-13(11)14/h4,6,8,12,15H,2-3,5,7,9-10H2,1H3,(H,17,18)/t12-,15+/m0/s1. The van der Waals surface area contributed by atoms with Gasteiger partial charge in [0.2, 0.25) is 5.91 Å². The third kappa shape index (κ3) is 2.16. The Morgan fingerprint density at radius 1 is 1.39 bits per heavy atom. The second kappa shape index (κ2) is 4.75. The van der Waals surface area contributed by atoms with Crippen LogP contribution in [-0.2, 0) is 17.6 Å². The highest BCUT2D eigenvalue weighted by molar-refractivity contribution is 5.75. The van der Waals surface area contributed by atoms with Crippen molar-refractivity contribution in [3.63, 3.8) is 0 Å². The third-order valence-electron chi connectivity index (χ3n) is 4.39. The first-order valence-corrected chi connectivity index (χ1v) is 7.17. The molecule has 0 aromatic heterocycles. The minimum absolute atomic E-state index is 0.180. The summed E-state index contributed by atoms with van der Waals surface area (Å²) in [4.78, 5) is 11.3. The van der Waals surface area contributed by atoms with Gasteiger partial charge in [-0.2, -0.15) is 0 Å². The van der Waals surface area contributed by atoms with Crippen LogP contribution < -0.4 is 5.32 Å². The summed E-state index contributed by atoms with van der Waals surface area (Å²) in [5, 5.41) is 3.02. The van der Waals surface area contributed by atoms with E-state index in [1.165, 1.54) is 25.7 Å². The van der Waals surface area contributed by atoms with Crippen molar-refractivity contribution in [2.75, 3.05) is 6.54 Å². The topological polar surface area (TPSA) is 29.1 Å². The fraction of sp³-hybridized carbons (Fsp3) is 0.562. The number of carbonyl (C=O) groups is 1. The summed E-state index contributed by atoms with van der Waals surface area (Å²) in [5.74, 6) is 1.56. The molecule has 18 heavy (non-hydrogen) atoms. The molecule has 96 valence electrons. The average molecular weight is 243 g/mol. The van der Waals surface area contributed by atoms with E-state index in [2.05, 4.69) is 23.5 Å². The molecule has 0 radical (unpaired) electrons. The molecule has 1 N–H and O–H groups in total. The quantitative estimate of drug-likeness (QED) is 0.865. The Hall–Kier alpha value is -1.31. The van der Waals surface area contributed by atoms with Crippen molar-refractivity contribution < 1.29 is 4.79 Å². The van der Waals surface area contributed by atoms with Crippen molar-refractivity contribution in [2.24, 2.45) is 5.92 Å². The van der Waals surface area contributed by atoms with Gasteiger partial charge in [0, 0.05) is 13.0 Å². The molecule has 2 aliphatic rings. The molecule has 0 bridgehead atoms. The Balaban J connectivity index is 1.64. The van der Waals surface area contributed by atoms with Crippen LogP contribution in [-0.4, -0.2) is 12.5 Å². The van der Waals surface area contributed by atoms with Gasteiger partial charge in [-0.1, -0.05) is 25.1 Å². The fourth-order valence-corrected chi connectivity index (χ4v) is 3.22. The van der Waals surface area contributed by atoms with E-state index in [1.807, 2.05) is 6.92 Å². The van der Waals surface area contributed by atoms with Crippen molar-refractivity contribution in [3.05, 3.63) is 34.9 Å². The molecular formula is C16H21NO. The van der Waals surface area contributed by atoms with Crippen LogP contribution in [0.1, 0.15) is 48.8 Å². The Kier molecular flexibility index (Phi) is 3.11. The number of fused-ring (bicyclic) bond motifs is 1. The Labute approximate surface area is 109 Å². The maximum atomic E-state index is 11.3. The number of benzene rings is 1.